The molecule has 4 nitrogen and oxygen atoms in total. The van der Waals surface area contributed by atoms with Crippen LogP contribution in [0.3, 0.4) is 0 Å². The van der Waals surface area contributed by atoms with Gasteiger partial charge in [-0.05, 0) is 48.1 Å². The first kappa shape index (κ1) is 21.1. The average molecular weight is 370 g/mol. The van der Waals surface area contributed by atoms with Crippen LogP contribution in [-0.2, 0) is 21.6 Å². The quantitative estimate of drug-likeness (QED) is 0.742. The maximum atomic E-state index is 12.8. The summed E-state index contributed by atoms with van der Waals surface area (Å²) < 4.78 is 5.20. The van der Waals surface area contributed by atoms with E-state index >= 15 is 0 Å². The molecule has 2 N–H and O–H groups in total. The Morgan fingerprint density at radius 2 is 1.78 bits per heavy atom. The summed E-state index contributed by atoms with van der Waals surface area (Å²) in [6.07, 6.45) is 0. The number of methoxy groups -OCH3 is 1. The second-order valence-corrected chi connectivity index (χ2v) is 7.84. The summed E-state index contributed by atoms with van der Waals surface area (Å²) in [6, 6.07) is 16.1. The van der Waals surface area contributed by atoms with Crippen LogP contribution in [0.25, 0.3) is 11.1 Å². The maximum Gasteiger partial charge on any atom is 0.230 e. The van der Waals surface area contributed by atoms with E-state index in [9.17, 15) is 9.90 Å². The van der Waals surface area contributed by atoms with E-state index in [1.807, 2.05) is 64.1 Å². The van der Waals surface area contributed by atoms with Gasteiger partial charge in [-0.2, -0.15) is 0 Å². The molecule has 0 radical (unpaired) electrons. The summed E-state index contributed by atoms with van der Waals surface area (Å²) in [5, 5.41) is 12.5. The van der Waals surface area contributed by atoms with Crippen molar-refractivity contribution in [3.8, 4) is 11.1 Å². The molecule has 2 aromatic rings. The number of ether oxygens (including phenoxy) is 1. The van der Waals surface area contributed by atoms with E-state index in [1.54, 1.807) is 7.11 Å². The van der Waals surface area contributed by atoms with Gasteiger partial charge in [0.05, 0.1) is 24.7 Å². The van der Waals surface area contributed by atoms with Gasteiger partial charge in [0, 0.05) is 7.11 Å². The number of carbonyl (C=O) groups excluding carboxylic acids is 1. The highest BCUT2D eigenvalue weighted by atomic mass is 16.5. The largest absolute Gasteiger partial charge is 0.394 e. The third kappa shape index (κ3) is 5.18. The van der Waals surface area contributed by atoms with E-state index in [2.05, 4.69) is 17.4 Å². The molecule has 0 saturated heterocycles. The fourth-order valence-electron chi connectivity index (χ4n) is 2.99. The summed E-state index contributed by atoms with van der Waals surface area (Å²) in [6.45, 7) is 8.31. The standard InChI is InChI=1S/C23H31NO3/c1-16(2)21(14-25)24-22(26)23(3,4)20-11-9-18(10-12-20)19-8-6-7-17(13-19)15-27-5/h6-13,16,21,25H,14-15H2,1-5H3,(H,24,26)/t21-/m1/s1. The van der Waals surface area contributed by atoms with Crippen LogP contribution in [-0.4, -0.2) is 30.8 Å². The zero-order valence-corrected chi connectivity index (χ0v) is 17.0. The number of benzene rings is 2. The second kappa shape index (κ2) is 9.16. The number of nitrogens with one attached hydrogen (secondary N) is 1. The van der Waals surface area contributed by atoms with Gasteiger partial charge in [-0.1, -0.05) is 56.3 Å². The van der Waals surface area contributed by atoms with Gasteiger partial charge in [0.2, 0.25) is 5.91 Å². The van der Waals surface area contributed by atoms with Gasteiger partial charge < -0.3 is 15.2 Å². The van der Waals surface area contributed by atoms with Crippen LogP contribution >= 0.6 is 0 Å². The zero-order chi connectivity index (χ0) is 20.0. The molecule has 0 aliphatic carbocycles. The lowest BCUT2D eigenvalue weighted by Crippen LogP contribution is -2.48. The van der Waals surface area contributed by atoms with Crippen LogP contribution in [0.1, 0.15) is 38.8 Å². The Labute approximate surface area is 162 Å². The highest BCUT2D eigenvalue weighted by Crippen LogP contribution is 2.28. The summed E-state index contributed by atoms with van der Waals surface area (Å²) in [5.74, 6) is 0.0987. The second-order valence-electron chi connectivity index (χ2n) is 7.84. The number of rotatable bonds is 8. The molecule has 0 fully saturated rings. The molecule has 27 heavy (non-hydrogen) atoms. The number of hydrogen-bond donors (Lipinski definition) is 2. The van der Waals surface area contributed by atoms with Crippen LogP contribution in [0.4, 0.5) is 0 Å². The molecule has 0 spiro atoms. The molecular formula is C23H31NO3. The molecule has 0 bridgehead atoms. The molecule has 2 rings (SSSR count). The van der Waals surface area contributed by atoms with Crippen molar-refractivity contribution in [1.82, 2.24) is 5.32 Å². The van der Waals surface area contributed by atoms with E-state index in [0.29, 0.717) is 6.61 Å². The molecule has 0 heterocycles. The van der Waals surface area contributed by atoms with E-state index in [1.165, 1.54) is 0 Å². The SMILES string of the molecule is COCc1cccc(-c2ccc(C(C)(C)C(=O)N[C@H](CO)C(C)C)cc2)c1. The molecule has 1 atom stereocenters. The van der Waals surface area contributed by atoms with Crippen LogP contribution < -0.4 is 5.32 Å². The van der Waals surface area contributed by atoms with Crippen molar-refractivity contribution in [3.05, 3.63) is 59.7 Å². The van der Waals surface area contributed by atoms with Crippen LogP contribution in [0.15, 0.2) is 48.5 Å². The average Bonchev–Trinajstić information content (AvgIpc) is 2.66. The predicted octanol–water partition coefficient (Wildman–Crippen LogP) is 3.91. The van der Waals surface area contributed by atoms with E-state index < -0.39 is 5.41 Å². The number of carbonyl (C=O) groups is 1. The third-order valence-electron chi connectivity index (χ3n) is 5.06. The van der Waals surface area contributed by atoms with Gasteiger partial charge in [-0.3, -0.25) is 4.79 Å². The van der Waals surface area contributed by atoms with E-state index in [0.717, 1.165) is 22.3 Å². The van der Waals surface area contributed by atoms with Gasteiger partial charge in [-0.15, -0.1) is 0 Å². The first-order chi connectivity index (χ1) is 12.8. The molecule has 146 valence electrons. The molecule has 1 amide bonds. The zero-order valence-electron chi connectivity index (χ0n) is 17.0. The van der Waals surface area contributed by atoms with Gasteiger partial charge in [0.15, 0.2) is 0 Å². The van der Waals surface area contributed by atoms with Crippen molar-refractivity contribution in [2.45, 2.75) is 45.8 Å². The summed E-state index contributed by atoms with van der Waals surface area (Å²) in [5.41, 5.74) is 3.61. The summed E-state index contributed by atoms with van der Waals surface area (Å²) in [4.78, 5) is 12.8. The lowest BCUT2D eigenvalue weighted by Gasteiger charge is -2.29. The fourth-order valence-corrected chi connectivity index (χ4v) is 2.99. The predicted molar refractivity (Wildman–Crippen MR) is 109 cm³/mol. The molecular weight excluding hydrogens is 338 g/mol. The molecule has 0 aliphatic heterocycles. The lowest BCUT2D eigenvalue weighted by atomic mass is 9.82. The van der Waals surface area contributed by atoms with Crippen molar-refractivity contribution < 1.29 is 14.6 Å². The smallest absolute Gasteiger partial charge is 0.230 e. The molecule has 2 aromatic carbocycles. The molecule has 0 aliphatic rings. The third-order valence-corrected chi connectivity index (χ3v) is 5.06. The normalized spacial score (nSPS) is 12.9. The number of aliphatic hydroxyl groups is 1. The Balaban J connectivity index is 2.20. The Kier molecular flexibility index (Phi) is 7.17. The number of amides is 1. The Morgan fingerprint density at radius 3 is 2.33 bits per heavy atom. The number of hydrogen-bond acceptors (Lipinski definition) is 3. The molecule has 0 saturated carbocycles. The minimum absolute atomic E-state index is 0.0593. The highest BCUT2D eigenvalue weighted by Gasteiger charge is 2.31. The lowest BCUT2D eigenvalue weighted by molar-refractivity contribution is -0.127. The van der Waals surface area contributed by atoms with Gasteiger partial charge in [0.25, 0.3) is 0 Å². The maximum absolute atomic E-state index is 12.8. The Bertz CT molecular complexity index is 750. The van der Waals surface area contributed by atoms with Crippen LogP contribution in [0, 0.1) is 5.92 Å². The summed E-state index contributed by atoms with van der Waals surface area (Å²) in [7, 11) is 1.69. The molecule has 0 unspecified atom stereocenters. The Morgan fingerprint density at radius 1 is 1.11 bits per heavy atom. The van der Waals surface area contributed by atoms with Crippen molar-refractivity contribution in [2.75, 3.05) is 13.7 Å². The highest BCUT2D eigenvalue weighted by molar-refractivity contribution is 5.87. The van der Waals surface area contributed by atoms with E-state index in [4.69, 9.17) is 4.74 Å². The minimum Gasteiger partial charge on any atom is -0.394 e. The van der Waals surface area contributed by atoms with Crippen molar-refractivity contribution in [2.24, 2.45) is 5.92 Å². The van der Waals surface area contributed by atoms with Crippen molar-refractivity contribution >= 4 is 5.91 Å². The van der Waals surface area contributed by atoms with Crippen molar-refractivity contribution in [3.63, 3.8) is 0 Å². The van der Waals surface area contributed by atoms with Gasteiger partial charge >= 0.3 is 0 Å². The first-order valence-electron chi connectivity index (χ1n) is 9.40. The van der Waals surface area contributed by atoms with Crippen LogP contribution in [0.5, 0.6) is 0 Å². The van der Waals surface area contributed by atoms with E-state index in [-0.39, 0.29) is 24.5 Å². The monoisotopic (exact) mass is 369 g/mol. The van der Waals surface area contributed by atoms with Gasteiger partial charge in [0.1, 0.15) is 0 Å². The topological polar surface area (TPSA) is 58.6 Å². The molecule has 4 heteroatoms. The van der Waals surface area contributed by atoms with Crippen LogP contribution in [0.2, 0.25) is 0 Å². The minimum atomic E-state index is -0.682. The van der Waals surface area contributed by atoms with Gasteiger partial charge in [-0.25, -0.2) is 0 Å². The molecule has 0 aromatic heterocycles. The first-order valence-corrected chi connectivity index (χ1v) is 9.40. The summed E-state index contributed by atoms with van der Waals surface area (Å²) >= 11 is 0. The Hall–Kier alpha value is -2.17. The van der Waals surface area contributed by atoms with Crippen molar-refractivity contribution in [1.29, 1.82) is 0 Å². The fraction of sp³-hybridized carbons (Fsp3) is 0.435. The number of aliphatic hydroxyl groups excluding tert-OH is 1.